The molecule has 0 atom stereocenters. The molecule has 0 saturated heterocycles. The lowest BCUT2D eigenvalue weighted by Gasteiger charge is -2.19. The highest BCUT2D eigenvalue weighted by molar-refractivity contribution is 5.89. The van der Waals surface area contributed by atoms with Crippen LogP contribution in [0.3, 0.4) is 0 Å². The van der Waals surface area contributed by atoms with Gasteiger partial charge in [0.25, 0.3) is 0 Å². The first-order valence-corrected chi connectivity index (χ1v) is 4.79. The predicted molar refractivity (Wildman–Crippen MR) is 54.5 cm³/mol. The average molecular weight is 165 g/mol. The van der Waals surface area contributed by atoms with E-state index in [4.69, 9.17) is 0 Å². The van der Waals surface area contributed by atoms with Crippen LogP contribution < -0.4 is 0 Å². The van der Waals surface area contributed by atoms with Crippen LogP contribution in [0.25, 0.3) is 0 Å². The minimum atomic E-state index is 0.305. The zero-order valence-electron chi connectivity index (χ0n) is 8.65. The van der Waals surface area contributed by atoms with Crippen LogP contribution in [-0.2, 0) is 0 Å². The second kappa shape index (κ2) is 3.42. The second-order valence-corrected chi connectivity index (χ2v) is 4.53. The molecule has 0 aromatic heterocycles. The molecule has 0 aromatic carbocycles. The first-order valence-electron chi connectivity index (χ1n) is 4.79. The molecule has 1 nitrogen and oxygen atoms in total. The molecular formula is C11H19N. The Morgan fingerprint density at radius 3 is 2.50 bits per heavy atom. The lowest BCUT2D eigenvalue weighted by molar-refractivity contribution is 0.498. The summed E-state index contributed by atoms with van der Waals surface area (Å²) >= 11 is 0. The summed E-state index contributed by atoms with van der Waals surface area (Å²) in [5, 5.41) is 0. The minimum absolute atomic E-state index is 0.305. The molecule has 1 rings (SSSR count). The molecule has 1 heterocycles. The van der Waals surface area contributed by atoms with Gasteiger partial charge in [0.05, 0.1) is 0 Å². The van der Waals surface area contributed by atoms with Crippen LogP contribution in [0.4, 0.5) is 0 Å². The zero-order valence-corrected chi connectivity index (χ0v) is 8.65. The summed E-state index contributed by atoms with van der Waals surface area (Å²) < 4.78 is 0. The summed E-state index contributed by atoms with van der Waals surface area (Å²) in [5.74, 6) is 0. The lowest BCUT2D eigenvalue weighted by atomic mass is 9.84. The van der Waals surface area contributed by atoms with Crippen molar-refractivity contribution in [2.24, 2.45) is 10.4 Å². The van der Waals surface area contributed by atoms with Crippen molar-refractivity contribution in [1.29, 1.82) is 0 Å². The van der Waals surface area contributed by atoms with Gasteiger partial charge in [-0.3, -0.25) is 4.99 Å². The van der Waals surface area contributed by atoms with Crippen molar-refractivity contribution in [2.75, 3.05) is 0 Å². The van der Waals surface area contributed by atoms with Crippen LogP contribution in [-0.4, -0.2) is 5.71 Å². The van der Waals surface area contributed by atoms with Crippen molar-refractivity contribution in [3.63, 3.8) is 0 Å². The fraction of sp³-hybridized carbons (Fsp3) is 0.727. The number of allylic oxidation sites excluding steroid dienone is 1. The molecule has 1 aliphatic heterocycles. The van der Waals surface area contributed by atoms with E-state index >= 15 is 0 Å². The number of nitrogens with zero attached hydrogens (tertiary/aromatic N) is 1. The van der Waals surface area contributed by atoms with Crippen LogP contribution in [0.15, 0.2) is 16.8 Å². The van der Waals surface area contributed by atoms with Gasteiger partial charge in [-0.15, -0.1) is 0 Å². The van der Waals surface area contributed by atoms with Gasteiger partial charge in [0, 0.05) is 18.3 Å². The highest BCUT2D eigenvalue weighted by Crippen LogP contribution is 2.31. The third-order valence-electron chi connectivity index (χ3n) is 2.30. The largest absolute Gasteiger partial charge is 0.265 e. The Bertz CT molecular complexity index is 216. The van der Waals surface area contributed by atoms with Crippen molar-refractivity contribution in [3.8, 4) is 0 Å². The van der Waals surface area contributed by atoms with Crippen LogP contribution in [0.1, 0.15) is 47.0 Å². The third-order valence-corrected chi connectivity index (χ3v) is 2.30. The maximum Gasteiger partial charge on any atom is 0.0268 e. The van der Waals surface area contributed by atoms with Gasteiger partial charge in [0.1, 0.15) is 0 Å². The van der Waals surface area contributed by atoms with E-state index < -0.39 is 0 Å². The van der Waals surface area contributed by atoms with Gasteiger partial charge in [0.2, 0.25) is 0 Å². The summed E-state index contributed by atoms with van der Waals surface area (Å²) in [5.41, 5.74) is 3.15. The van der Waals surface area contributed by atoms with Crippen molar-refractivity contribution >= 4 is 5.71 Å². The quantitative estimate of drug-likeness (QED) is 0.593. The highest BCUT2D eigenvalue weighted by atomic mass is 14.7. The maximum atomic E-state index is 4.43. The molecule has 0 saturated carbocycles. The molecule has 0 aromatic rings. The van der Waals surface area contributed by atoms with Gasteiger partial charge in [-0.25, -0.2) is 0 Å². The van der Waals surface area contributed by atoms with Crippen LogP contribution in [0.5, 0.6) is 0 Å². The van der Waals surface area contributed by atoms with E-state index in [1.807, 2.05) is 0 Å². The van der Waals surface area contributed by atoms with E-state index in [2.05, 4.69) is 38.9 Å². The summed E-state index contributed by atoms with van der Waals surface area (Å²) in [6.45, 7) is 8.97. The van der Waals surface area contributed by atoms with Gasteiger partial charge in [-0.05, 0) is 17.4 Å². The fourth-order valence-corrected chi connectivity index (χ4v) is 1.38. The molecule has 12 heavy (non-hydrogen) atoms. The molecule has 1 heteroatoms. The molecule has 0 amide bonds. The standard InChI is InChI=1S/C11H19N/c1-5-6-10-7-9(8-12-10)11(2,3)4/h8H,5-7H2,1-4H3. The van der Waals surface area contributed by atoms with Gasteiger partial charge in [-0.2, -0.15) is 0 Å². The van der Waals surface area contributed by atoms with Crippen molar-refractivity contribution in [1.82, 2.24) is 0 Å². The summed E-state index contributed by atoms with van der Waals surface area (Å²) in [7, 11) is 0. The smallest absolute Gasteiger partial charge is 0.0268 e. The number of hydrogen-bond donors (Lipinski definition) is 0. The predicted octanol–water partition coefficient (Wildman–Crippen LogP) is 3.56. The second-order valence-electron chi connectivity index (χ2n) is 4.53. The van der Waals surface area contributed by atoms with E-state index in [-0.39, 0.29) is 0 Å². The molecule has 68 valence electrons. The molecule has 1 aliphatic rings. The van der Waals surface area contributed by atoms with E-state index in [9.17, 15) is 0 Å². The van der Waals surface area contributed by atoms with E-state index in [0.717, 1.165) is 12.8 Å². The van der Waals surface area contributed by atoms with Crippen molar-refractivity contribution in [3.05, 3.63) is 11.8 Å². The topological polar surface area (TPSA) is 12.4 Å². The molecule has 0 spiro atoms. The first-order chi connectivity index (χ1) is 5.54. The number of aliphatic imine (C=N–C) groups is 1. The molecular weight excluding hydrogens is 146 g/mol. The normalized spacial score (nSPS) is 17.7. The Morgan fingerprint density at radius 1 is 1.42 bits per heavy atom. The fourth-order valence-electron chi connectivity index (χ4n) is 1.38. The van der Waals surface area contributed by atoms with Gasteiger partial charge in [-0.1, -0.05) is 34.1 Å². The summed E-state index contributed by atoms with van der Waals surface area (Å²) in [6, 6.07) is 0. The van der Waals surface area contributed by atoms with Crippen molar-refractivity contribution in [2.45, 2.75) is 47.0 Å². The Balaban J connectivity index is 2.50. The van der Waals surface area contributed by atoms with Crippen molar-refractivity contribution < 1.29 is 0 Å². The van der Waals surface area contributed by atoms with Crippen LogP contribution in [0.2, 0.25) is 0 Å². The van der Waals surface area contributed by atoms with Crippen LogP contribution in [0, 0.1) is 5.41 Å². The van der Waals surface area contributed by atoms with Gasteiger partial charge in [0.15, 0.2) is 0 Å². The maximum absolute atomic E-state index is 4.43. The number of hydrogen-bond acceptors (Lipinski definition) is 1. The minimum Gasteiger partial charge on any atom is -0.265 e. The SMILES string of the molecule is CCCC1=NC=C(C(C)(C)C)C1. The lowest BCUT2D eigenvalue weighted by Crippen LogP contribution is -2.10. The molecule has 0 unspecified atom stereocenters. The van der Waals surface area contributed by atoms with E-state index in [1.54, 1.807) is 0 Å². The van der Waals surface area contributed by atoms with Crippen LogP contribution >= 0.6 is 0 Å². The number of rotatable bonds is 2. The highest BCUT2D eigenvalue weighted by Gasteiger charge is 2.21. The Labute approximate surface area is 75.6 Å². The van der Waals surface area contributed by atoms with E-state index in [0.29, 0.717) is 5.41 Å². The third kappa shape index (κ3) is 2.20. The molecule has 0 fully saturated rings. The monoisotopic (exact) mass is 165 g/mol. The summed E-state index contributed by atoms with van der Waals surface area (Å²) in [6.07, 6.45) is 5.54. The average Bonchev–Trinajstić information content (AvgIpc) is 2.35. The van der Waals surface area contributed by atoms with Gasteiger partial charge >= 0.3 is 0 Å². The van der Waals surface area contributed by atoms with E-state index in [1.165, 1.54) is 17.7 Å². The Hall–Kier alpha value is -0.590. The Morgan fingerprint density at radius 2 is 2.08 bits per heavy atom. The molecule has 0 radical (unpaired) electrons. The van der Waals surface area contributed by atoms with Gasteiger partial charge < -0.3 is 0 Å². The molecule has 0 aliphatic carbocycles. The molecule has 0 bridgehead atoms. The Kier molecular flexibility index (Phi) is 2.71. The molecule has 0 N–H and O–H groups in total. The zero-order chi connectivity index (χ0) is 9.19. The summed E-state index contributed by atoms with van der Waals surface area (Å²) in [4.78, 5) is 4.43. The first kappa shape index (κ1) is 9.50.